The highest BCUT2D eigenvalue weighted by Gasteiger charge is 2.27. The molecule has 0 fully saturated rings. The Morgan fingerprint density at radius 2 is 1.00 bits per heavy atom. The van der Waals surface area contributed by atoms with Crippen LogP contribution in [-0.4, -0.2) is 16.9 Å². The van der Waals surface area contributed by atoms with Crippen molar-refractivity contribution in [3.05, 3.63) is 0 Å². The minimum Gasteiger partial charge on any atom is -0.365 e. The summed E-state index contributed by atoms with van der Waals surface area (Å²) in [5.74, 6) is 0. The molecule has 0 unspecified atom stereocenters. The fourth-order valence-electron chi connectivity index (χ4n) is 0.326. The van der Waals surface area contributed by atoms with Crippen LogP contribution in [0.3, 0.4) is 0 Å². The Labute approximate surface area is 57.5 Å². The molecule has 0 spiro atoms. The Kier molecular flexibility index (Phi) is 2.76. The summed E-state index contributed by atoms with van der Waals surface area (Å²) in [7, 11) is -2.32. The van der Waals surface area contributed by atoms with Gasteiger partial charge in [0.2, 0.25) is 0 Å². The third kappa shape index (κ3) is 1.99. The van der Waals surface area contributed by atoms with E-state index in [4.69, 9.17) is 0 Å². The zero-order chi connectivity index (χ0) is 8.31. The first kappa shape index (κ1) is 8.84. The second-order valence-electron chi connectivity index (χ2n) is 1.35. The van der Waals surface area contributed by atoms with Crippen LogP contribution in [0.25, 0.3) is 0 Å². The smallest absolute Gasteiger partial charge is 0.257 e. The molecule has 7 heteroatoms. The van der Waals surface area contributed by atoms with Crippen LogP contribution in [0.5, 0.6) is 0 Å². The van der Waals surface area contributed by atoms with Gasteiger partial charge in [-0.15, -0.1) is 0 Å². The summed E-state index contributed by atoms with van der Waals surface area (Å²) in [5.41, 5.74) is 10.7. The molecule has 0 aliphatic carbocycles. The Bertz CT molecular complexity index is 158. The molecule has 10 heavy (non-hydrogen) atoms. The first-order chi connectivity index (χ1) is 4.46. The minimum atomic E-state index is -2.32. The molecule has 0 aliphatic heterocycles. The Morgan fingerprint density at radius 3 is 1.00 bits per heavy atom. The molecule has 0 atom stereocenters. The van der Waals surface area contributed by atoms with E-state index >= 15 is 0 Å². The van der Waals surface area contributed by atoms with Gasteiger partial charge in [-0.3, -0.25) is 14.4 Å². The highest BCUT2D eigenvalue weighted by Crippen LogP contribution is 2.33. The van der Waals surface area contributed by atoms with Crippen LogP contribution in [-0.2, 0) is 0 Å². The third-order valence-corrected chi connectivity index (χ3v) is 1.98. The number of hydrogen-bond donors (Lipinski definition) is 3. The number of carbonyl (C=O) groups is 3. The molecule has 0 saturated heterocycles. The largest absolute Gasteiger partial charge is 0.365 e. The Morgan fingerprint density at radius 1 is 0.800 bits per heavy atom. The van der Waals surface area contributed by atoms with E-state index in [0.29, 0.717) is 0 Å². The van der Waals surface area contributed by atoms with Gasteiger partial charge in [-0.05, 0) is 0 Å². The maximum Gasteiger partial charge on any atom is 0.257 e. The van der Waals surface area contributed by atoms with Crippen molar-refractivity contribution in [2.45, 2.75) is 0 Å². The molecule has 6 N–H and O–H groups in total. The van der Waals surface area contributed by atoms with E-state index < -0.39 is 24.9 Å². The van der Waals surface area contributed by atoms with Crippen LogP contribution in [0, 0.1) is 0 Å². The van der Waals surface area contributed by atoms with Crippen LogP contribution >= 0.6 is 7.92 Å². The lowest BCUT2D eigenvalue weighted by molar-refractivity contribution is 0.259. The van der Waals surface area contributed by atoms with Gasteiger partial charge in [0.05, 0.1) is 0 Å². The first-order valence-corrected chi connectivity index (χ1v) is 3.49. The molecule has 0 saturated carbocycles. The molecule has 0 aromatic rings. The highest BCUT2D eigenvalue weighted by molar-refractivity contribution is 8.01. The van der Waals surface area contributed by atoms with Gasteiger partial charge >= 0.3 is 0 Å². The van der Waals surface area contributed by atoms with Crippen molar-refractivity contribution in [1.29, 1.82) is 0 Å². The van der Waals surface area contributed by atoms with Crippen molar-refractivity contribution in [3.8, 4) is 0 Å². The molecule has 6 nitrogen and oxygen atoms in total. The summed E-state index contributed by atoms with van der Waals surface area (Å²) in [4.78, 5) is 30.7. The van der Waals surface area contributed by atoms with Crippen molar-refractivity contribution in [2.75, 3.05) is 0 Å². The van der Waals surface area contributed by atoms with Gasteiger partial charge in [0, 0.05) is 0 Å². The predicted octanol–water partition coefficient (Wildman–Crippen LogP) is -0.296. The molecule has 0 heterocycles. The van der Waals surface area contributed by atoms with Crippen LogP contribution in [0.15, 0.2) is 0 Å². The molecule has 0 bridgehead atoms. The van der Waals surface area contributed by atoms with E-state index in [2.05, 4.69) is 17.2 Å². The van der Waals surface area contributed by atoms with Gasteiger partial charge in [-0.2, -0.15) is 0 Å². The molecule has 0 radical (unpaired) electrons. The number of amides is 3. The maximum absolute atomic E-state index is 10.2. The zero-order valence-electron chi connectivity index (χ0n) is 4.90. The Hall–Kier alpha value is -1.16. The number of primary amides is 3. The first-order valence-electron chi connectivity index (χ1n) is 2.15. The van der Waals surface area contributed by atoms with Crippen LogP contribution in [0.2, 0.25) is 0 Å². The van der Waals surface area contributed by atoms with Gasteiger partial charge in [-0.25, -0.2) is 0 Å². The SMILES string of the molecule is NC(=O)P(C(N)=O)C(N)=O. The summed E-state index contributed by atoms with van der Waals surface area (Å²) >= 11 is 0. The fraction of sp³-hybridized carbons (Fsp3) is 0. The minimum absolute atomic E-state index is 1.06. The predicted molar refractivity (Wildman–Crippen MR) is 35.7 cm³/mol. The van der Waals surface area contributed by atoms with Gasteiger partial charge in [0.1, 0.15) is 0 Å². The zero-order valence-corrected chi connectivity index (χ0v) is 5.80. The third-order valence-electron chi connectivity index (χ3n) is 0.661. The van der Waals surface area contributed by atoms with Crippen LogP contribution < -0.4 is 17.2 Å². The van der Waals surface area contributed by atoms with Crippen molar-refractivity contribution < 1.29 is 14.4 Å². The molecule has 0 aromatic heterocycles. The summed E-state index contributed by atoms with van der Waals surface area (Å²) in [6, 6.07) is 0. The van der Waals surface area contributed by atoms with E-state index in [1.165, 1.54) is 0 Å². The lowest BCUT2D eigenvalue weighted by Gasteiger charge is -2.01. The summed E-state index contributed by atoms with van der Waals surface area (Å²) in [6.07, 6.45) is 0. The molecular formula is C3H6N3O3P. The molecule has 56 valence electrons. The van der Waals surface area contributed by atoms with Gasteiger partial charge in [-0.1, -0.05) is 0 Å². The van der Waals surface area contributed by atoms with Crippen molar-refractivity contribution in [1.82, 2.24) is 0 Å². The second kappa shape index (κ2) is 3.12. The fourth-order valence-corrected chi connectivity index (χ4v) is 0.977. The van der Waals surface area contributed by atoms with E-state index in [1.807, 2.05) is 0 Å². The van der Waals surface area contributed by atoms with Gasteiger partial charge in [0.25, 0.3) is 16.9 Å². The normalized spacial score (nSPS) is 9.30. The summed E-state index contributed by atoms with van der Waals surface area (Å²) in [6.45, 7) is 0. The quantitative estimate of drug-likeness (QED) is 0.494. The molecule has 0 aromatic carbocycles. The molecule has 0 aliphatic rings. The summed E-state index contributed by atoms with van der Waals surface area (Å²) < 4.78 is 0. The lowest BCUT2D eigenvalue weighted by atomic mass is 11.4. The van der Waals surface area contributed by atoms with Gasteiger partial charge in [0.15, 0.2) is 7.92 Å². The van der Waals surface area contributed by atoms with Crippen LogP contribution in [0.1, 0.15) is 0 Å². The number of hydrogen-bond acceptors (Lipinski definition) is 3. The van der Waals surface area contributed by atoms with Crippen molar-refractivity contribution in [3.63, 3.8) is 0 Å². The number of nitrogens with two attached hydrogens (primary N) is 3. The standard InChI is InChI=1S/C3H6N3O3P/c4-1(7)10(2(5)8)3(6)9/h(H2,4,7)(H2,5,8)(H2,6,9). The van der Waals surface area contributed by atoms with E-state index in [1.54, 1.807) is 0 Å². The second-order valence-corrected chi connectivity index (χ2v) is 3.34. The average molecular weight is 163 g/mol. The van der Waals surface area contributed by atoms with Crippen LogP contribution in [0.4, 0.5) is 14.4 Å². The summed E-state index contributed by atoms with van der Waals surface area (Å²) in [5, 5.41) is 0. The van der Waals surface area contributed by atoms with Gasteiger partial charge < -0.3 is 17.2 Å². The lowest BCUT2D eigenvalue weighted by Crippen LogP contribution is -2.24. The average Bonchev–Trinajstić information content (AvgIpc) is 1.59. The topological polar surface area (TPSA) is 129 Å². The molecular weight excluding hydrogens is 157 g/mol. The highest BCUT2D eigenvalue weighted by atomic mass is 31.1. The number of carbonyl (C=O) groups excluding carboxylic acids is 3. The molecule has 3 amide bonds. The monoisotopic (exact) mass is 163 g/mol. The maximum atomic E-state index is 10.2. The van der Waals surface area contributed by atoms with E-state index in [9.17, 15) is 14.4 Å². The number of rotatable bonds is 3. The van der Waals surface area contributed by atoms with Crippen molar-refractivity contribution >= 4 is 24.9 Å². The van der Waals surface area contributed by atoms with E-state index in [-0.39, 0.29) is 0 Å². The Balaban J connectivity index is 4.43. The molecule has 0 rings (SSSR count). The van der Waals surface area contributed by atoms with E-state index in [0.717, 1.165) is 0 Å². The van der Waals surface area contributed by atoms with Crippen molar-refractivity contribution in [2.24, 2.45) is 17.2 Å².